The second-order valence-corrected chi connectivity index (χ2v) is 8.49. The fraction of sp³-hybridized carbons (Fsp3) is 0.385. The predicted octanol–water partition coefficient (Wildman–Crippen LogP) is 3.85. The molecule has 32 heavy (non-hydrogen) atoms. The average molecular weight is 433 g/mol. The minimum absolute atomic E-state index is 0.0601. The Morgan fingerprint density at radius 1 is 1.09 bits per heavy atom. The number of nitrogens with zero attached hydrogens (tertiary/aromatic N) is 4. The zero-order valence-corrected chi connectivity index (χ0v) is 19.2. The Morgan fingerprint density at radius 2 is 1.81 bits per heavy atom. The van der Waals surface area contributed by atoms with Crippen LogP contribution < -0.4 is 0 Å². The Bertz CT molecular complexity index is 1030. The van der Waals surface area contributed by atoms with Crippen molar-refractivity contribution in [1.82, 2.24) is 19.4 Å². The lowest BCUT2D eigenvalue weighted by Crippen LogP contribution is -2.48. The molecule has 2 aromatic heterocycles. The lowest BCUT2D eigenvalue weighted by Gasteiger charge is -2.35. The van der Waals surface area contributed by atoms with Crippen molar-refractivity contribution < 1.29 is 9.53 Å². The van der Waals surface area contributed by atoms with Crippen molar-refractivity contribution in [3.8, 4) is 5.82 Å². The molecule has 6 heteroatoms. The number of hydrogen-bond donors (Lipinski definition) is 0. The van der Waals surface area contributed by atoms with Gasteiger partial charge in [0.15, 0.2) is 0 Å². The first kappa shape index (κ1) is 22.2. The van der Waals surface area contributed by atoms with Crippen molar-refractivity contribution in [2.75, 3.05) is 32.8 Å². The quantitative estimate of drug-likeness (QED) is 0.569. The summed E-state index contributed by atoms with van der Waals surface area (Å²) in [4.78, 5) is 22.8. The molecule has 3 heterocycles. The summed E-state index contributed by atoms with van der Waals surface area (Å²) >= 11 is 0. The molecule has 1 amide bonds. The number of rotatable bonds is 7. The van der Waals surface area contributed by atoms with Crippen LogP contribution in [0.2, 0.25) is 0 Å². The number of carbonyl (C=O) groups excluding carboxylic acids is 1. The van der Waals surface area contributed by atoms with Crippen molar-refractivity contribution >= 4 is 5.91 Å². The van der Waals surface area contributed by atoms with E-state index in [1.165, 1.54) is 0 Å². The van der Waals surface area contributed by atoms with Crippen LogP contribution in [0.3, 0.4) is 0 Å². The maximum atomic E-state index is 13.9. The SMILES string of the molecule is Cc1cc(C(=O)N(Cc2ccccc2)C(C)CN2CCOCC2)c(C)n1-c1ccccn1. The van der Waals surface area contributed by atoms with Gasteiger partial charge < -0.3 is 14.2 Å². The highest BCUT2D eigenvalue weighted by atomic mass is 16.5. The van der Waals surface area contributed by atoms with E-state index in [1.807, 2.05) is 61.2 Å². The summed E-state index contributed by atoms with van der Waals surface area (Å²) < 4.78 is 7.55. The number of pyridine rings is 1. The molecule has 6 nitrogen and oxygen atoms in total. The number of benzene rings is 1. The number of aryl methyl sites for hydroxylation is 1. The van der Waals surface area contributed by atoms with Gasteiger partial charge in [0, 0.05) is 49.8 Å². The first-order valence-corrected chi connectivity index (χ1v) is 11.3. The van der Waals surface area contributed by atoms with Crippen molar-refractivity contribution in [2.45, 2.75) is 33.4 Å². The summed E-state index contributed by atoms with van der Waals surface area (Å²) in [6.07, 6.45) is 1.78. The van der Waals surface area contributed by atoms with Crippen LogP contribution in [0.15, 0.2) is 60.8 Å². The number of carbonyl (C=O) groups is 1. The van der Waals surface area contributed by atoms with E-state index >= 15 is 0 Å². The van der Waals surface area contributed by atoms with Gasteiger partial charge in [0.25, 0.3) is 5.91 Å². The molecule has 0 saturated carbocycles. The second kappa shape index (κ2) is 10.1. The summed E-state index contributed by atoms with van der Waals surface area (Å²) in [7, 11) is 0. The molecule has 3 aromatic rings. The van der Waals surface area contributed by atoms with Crippen LogP contribution in [-0.4, -0.2) is 64.1 Å². The standard InChI is InChI=1S/C26H32N4O2/c1-20-17-24(22(3)30(20)25-11-7-8-12-27-25)26(31)29(19-23-9-5-4-6-10-23)21(2)18-28-13-15-32-16-14-28/h4-12,17,21H,13-16,18-19H2,1-3H3. The minimum atomic E-state index is 0.0601. The molecule has 0 N–H and O–H groups in total. The van der Waals surface area contributed by atoms with Gasteiger partial charge in [-0.1, -0.05) is 36.4 Å². The smallest absolute Gasteiger partial charge is 0.256 e. The number of ether oxygens (including phenoxy) is 1. The molecule has 1 atom stereocenters. The highest BCUT2D eigenvalue weighted by molar-refractivity contribution is 5.96. The highest BCUT2D eigenvalue weighted by Gasteiger charge is 2.27. The van der Waals surface area contributed by atoms with Crippen LogP contribution in [-0.2, 0) is 11.3 Å². The summed E-state index contributed by atoms with van der Waals surface area (Å²) in [6.45, 7) is 10.9. The van der Waals surface area contributed by atoms with Gasteiger partial charge >= 0.3 is 0 Å². The van der Waals surface area contributed by atoms with Crippen molar-refractivity contribution in [3.05, 3.63) is 83.3 Å². The predicted molar refractivity (Wildman–Crippen MR) is 126 cm³/mol. The van der Waals surface area contributed by atoms with Gasteiger partial charge in [-0.25, -0.2) is 4.98 Å². The molecule has 0 bridgehead atoms. The Hall–Kier alpha value is -2.96. The van der Waals surface area contributed by atoms with Gasteiger partial charge in [-0.2, -0.15) is 0 Å². The first-order chi connectivity index (χ1) is 15.5. The van der Waals surface area contributed by atoms with Crippen molar-refractivity contribution in [2.24, 2.45) is 0 Å². The van der Waals surface area contributed by atoms with Gasteiger partial charge in [-0.15, -0.1) is 0 Å². The largest absolute Gasteiger partial charge is 0.379 e. The highest BCUT2D eigenvalue weighted by Crippen LogP contribution is 2.23. The summed E-state index contributed by atoms with van der Waals surface area (Å²) in [5.74, 6) is 0.891. The normalized spacial score (nSPS) is 15.5. The Balaban J connectivity index is 1.63. The molecule has 1 unspecified atom stereocenters. The average Bonchev–Trinajstić information content (AvgIpc) is 3.12. The fourth-order valence-electron chi connectivity index (χ4n) is 4.44. The first-order valence-electron chi connectivity index (χ1n) is 11.3. The molecule has 1 fully saturated rings. The minimum Gasteiger partial charge on any atom is -0.379 e. The Morgan fingerprint density at radius 3 is 2.50 bits per heavy atom. The molecule has 1 aromatic carbocycles. The zero-order chi connectivity index (χ0) is 22.5. The van der Waals surface area contributed by atoms with E-state index < -0.39 is 0 Å². The Kier molecular flexibility index (Phi) is 7.02. The van der Waals surface area contributed by atoms with Gasteiger partial charge in [-0.3, -0.25) is 9.69 Å². The molecule has 0 aliphatic carbocycles. The van der Waals surface area contributed by atoms with Crippen LogP contribution >= 0.6 is 0 Å². The van der Waals surface area contributed by atoms with E-state index in [9.17, 15) is 4.79 Å². The zero-order valence-electron chi connectivity index (χ0n) is 19.2. The number of hydrogen-bond acceptors (Lipinski definition) is 4. The van der Waals surface area contributed by atoms with Crippen LogP contribution in [0.5, 0.6) is 0 Å². The second-order valence-electron chi connectivity index (χ2n) is 8.49. The monoisotopic (exact) mass is 432 g/mol. The van der Waals surface area contributed by atoms with E-state index in [1.54, 1.807) is 6.20 Å². The van der Waals surface area contributed by atoms with Crippen LogP contribution in [0.4, 0.5) is 0 Å². The number of aromatic nitrogens is 2. The van der Waals surface area contributed by atoms with Gasteiger partial charge in [0.1, 0.15) is 5.82 Å². The van der Waals surface area contributed by atoms with E-state index in [2.05, 4.69) is 33.5 Å². The molecule has 168 valence electrons. The Labute approximate surface area is 190 Å². The third kappa shape index (κ3) is 4.92. The number of morpholine rings is 1. The third-order valence-corrected chi connectivity index (χ3v) is 6.15. The molecule has 0 radical (unpaired) electrons. The summed E-state index contributed by atoms with van der Waals surface area (Å²) in [6, 6.07) is 18.1. The van der Waals surface area contributed by atoms with E-state index in [4.69, 9.17) is 4.74 Å². The van der Waals surface area contributed by atoms with Gasteiger partial charge in [0.2, 0.25) is 0 Å². The lowest BCUT2D eigenvalue weighted by molar-refractivity contribution is 0.0228. The molecule has 0 spiro atoms. The summed E-state index contributed by atoms with van der Waals surface area (Å²) in [5.41, 5.74) is 3.79. The lowest BCUT2D eigenvalue weighted by atomic mass is 10.1. The van der Waals surface area contributed by atoms with Crippen LogP contribution in [0, 0.1) is 13.8 Å². The van der Waals surface area contributed by atoms with Crippen molar-refractivity contribution in [3.63, 3.8) is 0 Å². The molecule has 1 aliphatic rings. The fourth-order valence-corrected chi connectivity index (χ4v) is 4.44. The molecule has 4 rings (SSSR count). The van der Waals surface area contributed by atoms with Crippen molar-refractivity contribution in [1.29, 1.82) is 0 Å². The summed E-state index contributed by atoms with van der Waals surface area (Å²) in [5, 5.41) is 0. The maximum absolute atomic E-state index is 13.9. The van der Waals surface area contributed by atoms with Crippen LogP contribution in [0.25, 0.3) is 5.82 Å². The van der Waals surface area contributed by atoms with E-state index in [0.717, 1.165) is 61.2 Å². The number of amides is 1. The molecular formula is C26H32N4O2. The molecule has 1 aliphatic heterocycles. The van der Waals surface area contributed by atoms with Gasteiger partial charge in [-0.05, 0) is 44.5 Å². The molecular weight excluding hydrogens is 400 g/mol. The van der Waals surface area contributed by atoms with E-state index in [-0.39, 0.29) is 11.9 Å². The molecule has 1 saturated heterocycles. The maximum Gasteiger partial charge on any atom is 0.256 e. The van der Waals surface area contributed by atoms with Crippen LogP contribution in [0.1, 0.15) is 34.2 Å². The third-order valence-electron chi connectivity index (χ3n) is 6.15. The van der Waals surface area contributed by atoms with E-state index in [0.29, 0.717) is 6.54 Å². The topological polar surface area (TPSA) is 50.6 Å². The van der Waals surface area contributed by atoms with Gasteiger partial charge in [0.05, 0.1) is 18.8 Å².